The molecule has 110 valence electrons. The summed E-state index contributed by atoms with van der Waals surface area (Å²) in [6, 6.07) is 9.63. The standard InChI is InChI=1S/C13H11NO5S2/c15-13(16)11-8-14(9-4-1-2-5-10(9)19-11)21(17,18)12-6-3-7-20-12/h1-7,11H,8H2,(H,15,16). The number of sulfonamides is 1. The second kappa shape index (κ2) is 5.05. The van der Waals surface area contributed by atoms with Gasteiger partial charge in [-0.3, -0.25) is 4.31 Å². The van der Waals surface area contributed by atoms with Gasteiger partial charge in [0.15, 0.2) is 0 Å². The molecule has 1 atom stereocenters. The first-order valence-electron chi connectivity index (χ1n) is 6.05. The third-order valence-corrected chi connectivity index (χ3v) is 6.20. The number of anilines is 1. The number of hydrogen-bond donors (Lipinski definition) is 1. The molecule has 21 heavy (non-hydrogen) atoms. The van der Waals surface area contributed by atoms with Crippen LogP contribution in [0.25, 0.3) is 0 Å². The first-order chi connectivity index (χ1) is 10.00. The summed E-state index contributed by atoms with van der Waals surface area (Å²) in [6.45, 7) is -0.257. The molecule has 1 aliphatic heterocycles. The average molecular weight is 325 g/mol. The van der Waals surface area contributed by atoms with E-state index in [1.807, 2.05) is 0 Å². The van der Waals surface area contributed by atoms with Crippen molar-refractivity contribution >= 4 is 33.0 Å². The fourth-order valence-corrected chi connectivity index (χ4v) is 4.66. The minimum absolute atomic E-state index is 0.170. The van der Waals surface area contributed by atoms with Crippen LogP contribution in [-0.4, -0.2) is 32.1 Å². The molecular weight excluding hydrogens is 314 g/mol. The highest BCUT2D eigenvalue weighted by Gasteiger charge is 2.37. The number of benzene rings is 1. The summed E-state index contributed by atoms with van der Waals surface area (Å²) >= 11 is 1.09. The van der Waals surface area contributed by atoms with E-state index < -0.39 is 22.1 Å². The number of ether oxygens (including phenoxy) is 1. The van der Waals surface area contributed by atoms with Gasteiger partial charge < -0.3 is 9.84 Å². The predicted octanol–water partition coefficient (Wildman–Crippen LogP) is 1.79. The monoisotopic (exact) mass is 325 g/mol. The molecule has 1 aliphatic rings. The number of para-hydroxylation sites is 2. The predicted molar refractivity (Wildman–Crippen MR) is 77.3 cm³/mol. The van der Waals surface area contributed by atoms with Crippen LogP contribution in [0.5, 0.6) is 5.75 Å². The summed E-state index contributed by atoms with van der Waals surface area (Å²) in [5, 5.41) is 10.8. The van der Waals surface area contributed by atoms with Crippen molar-refractivity contribution in [2.24, 2.45) is 0 Å². The Bertz CT molecular complexity index is 770. The SMILES string of the molecule is O=C(O)C1CN(S(=O)(=O)c2cccs2)c2ccccc2O1. The lowest BCUT2D eigenvalue weighted by Gasteiger charge is -2.33. The largest absolute Gasteiger partial charge is 0.478 e. The lowest BCUT2D eigenvalue weighted by atomic mass is 10.2. The van der Waals surface area contributed by atoms with Gasteiger partial charge in [0.2, 0.25) is 6.10 Å². The number of carboxylic acids is 1. The zero-order valence-corrected chi connectivity index (χ0v) is 12.3. The minimum Gasteiger partial charge on any atom is -0.478 e. The van der Waals surface area contributed by atoms with Crippen LogP contribution < -0.4 is 9.04 Å². The van der Waals surface area contributed by atoms with E-state index in [0.29, 0.717) is 5.69 Å². The normalized spacial score (nSPS) is 17.9. The van der Waals surface area contributed by atoms with E-state index in [9.17, 15) is 13.2 Å². The van der Waals surface area contributed by atoms with Crippen molar-refractivity contribution in [2.45, 2.75) is 10.3 Å². The molecule has 0 amide bonds. The van der Waals surface area contributed by atoms with Crippen LogP contribution in [0.3, 0.4) is 0 Å². The number of aliphatic carboxylic acids is 1. The Kier molecular flexibility index (Phi) is 3.34. The van der Waals surface area contributed by atoms with E-state index in [-0.39, 0.29) is 16.5 Å². The lowest BCUT2D eigenvalue weighted by Crippen LogP contribution is -2.46. The van der Waals surface area contributed by atoms with Gasteiger partial charge in [0.25, 0.3) is 10.0 Å². The topological polar surface area (TPSA) is 83.9 Å². The van der Waals surface area contributed by atoms with E-state index >= 15 is 0 Å². The van der Waals surface area contributed by atoms with Crippen molar-refractivity contribution in [3.63, 3.8) is 0 Å². The van der Waals surface area contributed by atoms with Crippen LogP contribution >= 0.6 is 11.3 Å². The van der Waals surface area contributed by atoms with Crippen LogP contribution in [0, 0.1) is 0 Å². The minimum atomic E-state index is -3.79. The summed E-state index contributed by atoms with van der Waals surface area (Å²) in [5.41, 5.74) is 0.350. The first kappa shape index (κ1) is 13.9. The number of hydrogen-bond acceptors (Lipinski definition) is 5. The molecular formula is C13H11NO5S2. The fourth-order valence-electron chi connectivity index (χ4n) is 2.08. The number of fused-ring (bicyclic) bond motifs is 1. The Hall–Kier alpha value is -2.06. The van der Waals surface area contributed by atoms with Gasteiger partial charge in [-0.2, -0.15) is 0 Å². The first-order valence-corrected chi connectivity index (χ1v) is 8.37. The maximum absolute atomic E-state index is 12.7. The molecule has 0 fully saturated rings. The van der Waals surface area contributed by atoms with E-state index in [4.69, 9.17) is 9.84 Å². The highest BCUT2D eigenvalue weighted by Crippen LogP contribution is 2.37. The van der Waals surface area contributed by atoms with Gasteiger partial charge in [-0.05, 0) is 23.6 Å². The highest BCUT2D eigenvalue weighted by atomic mass is 32.2. The van der Waals surface area contributed by atoms with Crippen molar-refractivity contribution in [3.05, 3.63) is 41.8 Å². The average Bonchev–Trinajstić information content (AvgIpc) is 3.00. The number of rotatable bonds is 3. The van der Waals surface area contributed by atoms with Crippen LogP contribution in [-0.2, 0) is 14.8 Å². The van der Waals surface area contributed by atoms with Crippen molar-refractivity contribution in [1.82, 2.24) is 0 Å². The Morgan fingerprint density at radius 2 is 2.05 bits per heavy atom. The van der Waals surface area contributed by atoms with Gasteiger partial charge in [0.1, 0.15) is 9.96 Å². The maximum atomic E-state index is 12.7. The number of nitrogens with zero attached hydrogens (tertiary/aromatic N) is 1. The molecule has 0 bridgehead atoms. The van der Waals surface area contributed by atoms with Crippen LogP contribution in [0.4, 0.5) is 5.69 Å². The molecule has 0 saturated heterocycles. The summed E-state index contributed by atoms with van der Waals surface area (Å²) in [4.78, 5) is 11.2. The summed E-state index contributed by atoms with van der Waals surface area (Å²) in [5.74, 6) is -0.952. The Morgan fingerprint density at radius 3 is 2.71 bits per heavy atom. The molecule has 1 aromatic heterocycles. The molecule has 2 aromatic rings. The van der Waals surface area contributed by atoms with E-state index in [1.165, 1.54) is 6.07 Å². The molecule has 0 saturated carbocycles. The molecule has 1 N–H and O–H groups in total. The third kappa shape index (κ3) is 2.36. The Balaban J connectivity index is 2.11. The van der Waals surface area contributed by atoms with Gasteiger partial charge in [-0.15, -0.1) is 11.3 Å². The number of carbonyl (C=O) groups is 1. The molecule has 1 unspecified atom stereocenters. The van der Waals surface area contributed by atoms with Crippen LogP contribution in [0.2, 0.25) is 0 Å². The lowest BCUT2D eigenvalue weighted by molar-refractivity contribution is -0.144. The van der Waals surface area contributed by atoms with E-state index in [2.05, 4.69) is 0 Å². The fraction of sp³-hybridized carbons (Fsp3) is 0.154. The van der Waals surface area contributed by atoms with Crippen LogP contribution in [0.1, 0.15) is 0 Å². The molecule has 2 heterocycles. The zero-order chi connectivity index (χ0) is 15.0. The molecule has 8 heteroatoms. The quantitative estimate of drug-likeness (QED) is 0.930. The number of carboxylic acid groups (broad SMARTS) is 1. The van der Waals surface area contributed by atoms with Gasteiger partial charge in [0.05, 0.1) is 12.2 Å². The molecule has 6 nitrogen and oxygen atoms in total. The Labute approximate surface area is 125 Å². The maximum Gasteiger partial charge on any atom is 0.346 e. The van der Waals surface area contributed by atoms with Crippen molar-refractivity contribution in [3.8, 4) is 5.75 Å². The van der Waals surface area contributed by atoms with Crippen molar-refractivity contribution in [1.29, 1.82) is 0 Å². The van der Waals surface area contributed by atoms with E-state index in [1.54, 1.807) is 35.7 Å². The van der Waals surface area contributed by atoms with Gasteiger partial charge in [-0.25, -0.2) is 13.2 Å². The number of thiophene rings is 1. The van der Waals surface area contributed by atoms with Crippen molar-refractivity contribution in [2.75, 3.05) is 10.8 Å². The summed E-state index contributed by atoms with van der Waals surface area (Å²) < 4.78 is 31.9. The third-order valence-electron chi connectivity index (χ3n) is 3.05. The molecule has 0 radical (unpaired) electrons. The summed E-state index contributed by atoms with van der Waals surface area (Å²) in [7, 11) is -3.79. The highest BCUT2D eigenvalue weighted by molar-refractivity contribution is 7.94. The smallest absolute Gasteiger partial charge is 0.346 e. The molecule has 3 rings (SSSR count). The molecule has 0 spiro atoms. The van der Waals surface area contributed by atoms with Gasteiger partial charge in [0, 0.05) is 0 Å². The molecule has 1 aromatic carbocycles. The molecule has 0 aliphatic carbocycles. The Morgan fingerprint density at radius 1 is 1.29 bits per heavy atom. The summed E-state index contributed by atoms with van der Waals surface area (Å²) in [6.07, 6.45) is -1.23. The van der Waals surface area contributed by atoms with Crippen molar-refractivity contribution < 1.29 is 23.1 Å². The second-order valence-electron chi connectivity index (χ2n) is 4.38. The zero-order valence-electron chi connectivity index (χ0n) is 10.7. The van der Waals surface area contributed by atoms with Gasteiger partial charge >= 0.3 is 5.97 Å². The van der Waals surface area contributed by atoms with Crippen LogP contribution in [0.15, 0.2) is 46.0 Å². The van der Waals surface area contributed by atoms with Gasteiger partial charge in [-0.1, -0.05) is 18.2 Å². The van der Waals surface area contributed by atoms with E-state index in [0.717, 1.165) is 15.6 Å². The second-order valence-corrected chi connectivity index (χ2v) is 7.42.